The van der Waals surface area contributed by atoms with Crippen LogP contribution < -0.4 is 5.32 Å². The van der Waals surface area contributed by atoms with Crippen molar-refractivity contribution in [3.63, 3.8) is 0 Å². The number of hydrogen-bond donors (Lipinski definition) is 1. The van der Waals surface area contributed by atoms with Crippen LogP contribution in [0.3, 0.4) is 0 Å². The van der Waals surface area contributed by atoms with E-state index in [4.69, 9.17) is 5.26 Å². The summed E-state index contributed by atoms with van der Waals surface area (Å²) in [6.45, 7) is 3.23. The Morgan fingerprint density at radius 3 is 2.69 bits per heavy atom. The van der Waals surface area contributed by atoms with Gasteiger partial charge in [-0.1, -0.05) is 12.1 Å². The highest BCUT2D eigenvalue weighted by molar-refractivity contribution is 6.06. The first-order valence-corrected chi connectivity index (χ1v) is 12.7. The average Bonchev–Trinajstić information content (AvgIpc) is 3.10. The number of nitriles is 1. The Kier molecular flexibility index (Phi) is 7.06. The number of fused-ring (bicyclic) bond motifs is 2. The number of aromatic nitrogens is 1. The fourth-order valence-corrected chi connectivity index (χ4v) is 5.62. The van der Waals surface area contributed by atoms with Crippen LogP contribution in [0.5, 0.6) is 0 Å². The Balaban J connectivity index is 1.09. The molecule has 1 aliphatic heterocycles. The molecule has 35 heavy (non-hydrogen) atoms. The van der Waals surface area contributed by atoms with Crippen LogP contribution in [0.25, 0.3) is 10.9 Å². The highest BCUT2D eigenvalue weighted by atomic mass is 19.1. The molecule has 1 fully saturated rings. The fourth-order valence-electron chi connectivity index (χ4n) is 5.62. The average molecular weight is 471 g/mol. The van der Waals surface area contributed by atoms with Crippen molar-refractivity contribution in [3.05, 3.63) is 76.7 Å². The second-order valence-corrected chi connectivity index (χ2v) is 9.91. The predicted molar refractivity (Wildman–Crippen MR) is 135 cm³/mol. The molecule has 1 aliphatic carbocycles. The smallest absolute Gasteiger partial charge is 0.252 e. The van der Waals surface area contributed by atoms with E-state index in [2.05, 4.69) is 33.4 Å². The minimum atomic E-state index is -0.405. The standard InChI is InChI=1S/C29H31FN4O/c30-27-10-9-26(25-2-1-14-32-28(25)27)29(35)33-24-7-4-20(5-8-24)11-15-34-16-12-22-6-3-21(19-31)18-23(22)13-17-34/h1-3,6,9-10,14,18,20,24H,4-5,7-8,11-13,15-17H2,(H,33,35). The van der Waals surface area contributed by atoms with Crippen molar-refractivity contribution in [2.24, 2.45) is 5.92 Å². The van der Waals surface area contributed by atoms with Crippen molar-refractivity contribution in [1.82, 2.24) is 15.2 Å². The van der Waals surface area contributed by atoms with Gasteiger partial charge in [-0.2, -0.15) is 5.26 Å². The summed E-state index contributed by atoms with van der Waals surface area (Å²) in [4.78, 5) is 19.6. The lowest BCUT2D eigenvalue weighted by molar-refractivity contribution is 0.0921. The monoisotopic (exact) mass is 470 g/mol. The molecule has 1 saturated carbocycles. The van der Waals surface area contributed by atoms with Crippen LogP contribution in [0.4, 0.5) is 4.39 Å². The number of hydrogen-bond acceptors (Lipinski definition) is 4. The number of halogens is 1. The van der Waals surface area contributed by atoms with Gasteiger partial charge in [0.25, 0.3) is 5.91 Å². The van der Waals surface area contributed by atoms with Gasteiger partial charge in [0, 0.05) is 36.3 Å². The first-order valence-electron chi connectivity index (χ1n) is 12.7. The summed E-state index contributed by atoms with van der Waals surface area (Å²) >= 11 is 0. The predicted octanol–water partition coefficient (Wildman–Crippen LogP) is 5.03. The molecule has 2 heterocycles. The zero-order valence-electron chi connectivity index (χ0n) is 20.0. The van der Waals surface area contributed by atoms with Gasteiger partial charge in [0.2, 0.25) is 0 Å². The largest absolute Gasteiger partial charge is 0.349 e. The third-order valence-electron chi connectivity index (χ3n) is 7.73. The zero-order valence-corrected chi connectivity index (χ0v) is 20.0. The molecule has 2 aromatic carbocycles. The van der Waals surface area contributed by atoms with Gasteiger partial charge in [0.15, 0.2) is 0 Å². The van der Waals surface area contributed by atoms with E-state index in [0.29, 0.717) is 16.9 Å². The fraction of sp³-hybridized carbons (Fsp3) is 0.414. The number of amides is 1. The third kappa shape index (κ3) is 5.36. The summed E-state index contributed by atoms with van der Waals surface area (Å²) in [5, 5.41) is 12.9. The highest BCUT2D eigenvalue weighted by Gasteiger charge is 2.24. The molecule has 0 atom stereocenters. The summed E-state index contributed by atoms with van der Waals surface area (Å²) in [5.41, 5.74) is 4.19. The van der Waals surface area contributed by atoms with Gasteiger partial charge >= 0.3 is 0 Å². The van der Waals surface area contributed by atoms with Crippen LogP contribution in [-0.2, 0) is 12.8 Å². The molecular weight excluding hydrogens is 439 g/mol. The van der Waals surface area contributed by atoms with E-state index >= 15 is 0 Å². The molecule has 6 heteroatoms. The number of benzene rings is 2. The number of nitrogens with zero attached hydrogens (tertiary/aromatic N) is 3. The molecule has 0 spiro atoms. The van der Waals surface area contributed by atoms with Crippen molar-refractivity contribution in [3.8, 4) is 6.07 Å². The van der Waals surface area contributed by atoms with Crippen molar-refractivity contribution >= 4 is 16.8 Å². The Hall–Kier alpha value is -3.30. The number of pyridine rings is 1. The topological polar surface area (TPSA) is 69.0 Å². The maximum absolute atomic E-state index is 14.1. The molecule has 2 aliphatic rings. The molecular formula is C29H31FN4O. The number of nitrogens with one attached hydrogen (secondary N) is 1. The molecule has 0 radical (unpaired) electrons. The lowest BCUT2D eigenvalue weighted by Gasteiger charge is -2.31. The molecule has 1 amide bonds. The van der Waals surface area contributed by atoms with Gasteiger partial charge in [0.05, 0.1) is 11.6 Å². The SMILES string of the molecule is N#Cc1ccc2c(c1)CCN(CCC1CCC(NC(=O)c3ccc(F)c4ncccc34)CC1)CC2. The van der Waals surface area contributed by atoms with Gasteiger partial charge in [-0.05, 0) is 98.9 Å². The summed E-state index contributed by atoms with van der Waals surface area (Å²) in [6.07, 6.45) is 9.00. The van der Waals surface area contributed by atoms with Gasteiger partial charge in [-0.15, -0.1) is 0 Å². The number of carbonyl (C=O) groups is 1. The lowest BCUT2D eigenvalue weighted by Crippen LogP contribution is -2.38. The number of carbonyl (C=O) groups excluding carboxylic acids is 1. The molecule has 5 nitrogen and oxygen atoms in total. The van der Waals surface area contributed by atoms with E-state index in [-0.39, 0.29) is 17.5 Å². The van der Waals surface area contributed by atoms with E-state index in [1.807, 2.05) is 6.07 Å². The first-order chi connectivity index (χ1) is 17.1. The second kappa shape index (κ2) is 10.5. The number of rotatable bonds is 5. The summed E-state index contributed by atoms with van der Waals surface area (Å²) < 4.78 is 14.1. The van der Waals surface area contributed by atoms with Crippen LogP contribution in [0, 0.1) is 23.1 Å². The molecule has 3 aromatic rings. The Labute approximate surface area is 206 Å². The van der Waals surface area contributed by atoms with E-state index in [9.17, 15) is 9.18 Å². The molecule has 0 bridgehead atoms. The second-order valence-electron chi connectivity index (χ2n) is 9.91. The van der Waals surface area contributed by atoms with E-state index in [1.165, 1.54) is 23.6 Å². The van der Waals surface area contributed by atoms with Gasteiger partial charge in [0.1, 0.15) is 11.3 Å². The van der Waals surface area contributed by atoms with E-state index < -0.39 is 5.82 Å². The molecule has 0 saturated heterocycles. The minimum Gasteiger partial charge on any atom is -0.349 e. The molecule has 180 valence electrons. The van der Waals surface area contributed by atoms with Crippen molar-refractivity contribution < 1.29 is 9.18 Å². The van der Waals surface area contributed by atoms with E-state index in [0.717, 1.165) is 63.7 Å². The minimum absolute atomic E-state index is 0.143. The van der Waals surface area contributed by atoms with Crippen molar-refractivity contribution in [2.75, 3.05) is 19.6 Å². The van der Waals surface area contributed by atoms with E-state index in [1.54, 1.807) is 24.4 Å². The highest BCUT2D eigenvalue weighted by Crippen LogP contribution is 2.28. The Morgan fingerprint density at radius 1 is 1.09 bits per heavy atom. The zero-order chi connectivity index (χ0) is 24.2. The first kappa shape index (κ1) is 23.4. The quantitative estimate of drug-likeness (QED) is 0.568. The molecule has 1 aromatic heterocycles. The summed E-state index contributed by atoms with van der Waals surface area (Å²) in [5.74, 6) is 0.142. The molecule has 5 rings (SSSR count). The summed E-state index contributed by atoms with van der Waals surface area (Å²) in [7, 11) is 0. The van der Waals surface area contributed by atoms with Crippen LogP contribution in [0.15, 0.2) is 48.7 Å². The van der Waals surface area contributed by atoms with Crippen LogP contribution in [0.2, 0.25) is 0 Å². The van der Waals surface area contributed by atoms with Gasteiger partial charge in [-0.25, -0.2) is 4.39 Å². The molecule has 0 unspecified atom stereocenters. The third-order valence-corrected chi connectivity index (χ3v) is 7.73. The van der Waals surface area contributed by atoms with Crippen LogP contribution in [-0.4, -0.2) is 41.5 Å². The van der Waals surface area contributed by atoms with Crippen LogP contribution in [0.1, 0.15) is 59.2 Å². The maximum atomic E-state index is 14.1. The summed E-state index contributed by atoms with van der Waals surface area (Å²) in [6, 6.07) is 14.9. The van der Waals surface area contributed by atoms with Gasteiger partial charge < -0.3 is 10.2 Å². The van der Waals surface area contributed by atoms with Crippen molar-refractivity contribution in [1.29, 1.82) is 5.26 Å². The Morgan fingerprint density at radius 2 is 1.89 bits per heavy atom. The lowest BCUT2D eigenvalue weighted by atomic mass is 9.84. The Bertz CT molecular complexity index is 1260. The normalized spacial score (nSPS) is 20.6. The van der Waals surface area contributed by atoms with Crippen LogP contribution >= 0.6 is 0 Å². The van der Waals surface area contributed by atoms with Crippen molar-refractivity contribution in [2.45, 2.75) is 51.0 Å². The molecule has 1 N–H and O–H groups in total. The van der Waals surface area contributed by atoms with Gasteiger partial charge in [-0.3, -0.25) is 9.78 Å². The maximum Gasteiger partial charge on any atom is 0.252 e.